The smallest absolute Gasteiger partial charge is 0.395 e. The van der Waals surface area contributed by atoms with Gasteiger partial charge in [-0.2, -0.15) is 0 Å². The Hall–Kier alpha value is -2.68. The van der Waals surface area contributed by atoms with Gasteiger partial charge in [-0.25, -0.2) is 0 Å². The van der Waals surface area contributed by atoms with Crippen LogP contribution in [0.4, 0.5) is 17.6 Å². The molecule has 0 aliphatic carbocycles. The fourth-order valence-corrected chi connectivity index (χ4v) is 3.47. The third kappa shape index (κ3) is 4.37. The van der Waals surface area contributed by atoms with Crippen molar-refractivity contribution in [3.05, 3.63) is 47.5 Å². The maximum absolute atomic E-state index is 13.3. The van der Waals surface area contributed by atoms with Gasteiger partial charge in [0, 0.05) is 10.8 Å². The van der Waals surface area contributed by atoms with Gasteiger partial charge in [0.2, 0.25) is 0 Å². The summed E-state index contributed by atoms with van der Waals surface area (Å²) in [5.41, 5.74) is 0.471. The molecule has 2 aromatic rings. The second-order valence-electron chi connectivity index (χ2n) is 8.92. The van der Waals surface area contributed by atoms with E-state index in [1.165, 1.54) is 24.3 Å². The minimum atomic E-state index is -3.67. The van der Waals surface area contributed by atoms with E-state index in [0.29, 0.717) is 0 Å². The van der Waals surface area contributed by atoms with E-state index in [1.807, 2.05) is 27.7 Å². The van der Waals surface area contributed by atoms with Crippen LogP contribution in [0.5, 0.6) is 23.0 Å². The maximum atomic E-state index is 13.3. The molecule has 0 saturated carbocycles. The van der Waals surface area contributed by atoms with Crippen LogP contribution in [0.15, 0.2) is 36.4 Å². The molecule has 0 fully saturated rings. The van der Waals surface area contributed by atoms with Gasteiger partial charge in [0.1, 0.15) is 0 Å². The van der Waals surface area contributed by atoms with Crippen LogP contribution in [-0.4, -0.2) is 25.8 Å². The van der Waals surface area contributed by atoms with Crippen molar-refractivity contribution in [3.63, 3.8) is 0 Å². The number of alkyl halides is 4. The molecule has 0 radical (unpaired) electrons. The van der Waals surface area contributed by atoms with Gasteiger partial charge in [-0.05, 0) is 35.4 Å². The Morgan fingerprint density at radius 3 is 1.39 bits per heavy atom. The third-order valence-corrected chi connectivity index (χ3v) is 5.29. The van der Waals surface area contributed by atoms with Gasteiger partial charge in [0.05, 0.1) is 13.2 Å². The predicted molar refractivity (Wildman–Crippen MR) is 102 cm³/mol. The summed E-state index contributed by atoms with van der Waals surface area (Å²) >= 11 is 0. The van der Waals surface area contributed by atoms with Gasteiger partial charge in [-0.15, -0.1) is 17.6 Å². The van der Waals surface area contributed by atoms with Crippen molar-refractivity contribution in [3.8, 4) is 23.0 Å². The van der Waals surface area contributed by atoms with Gasteiger partial charge in [0.25, 0.3) is 0 Å². The van der Waals surface area contributed by atoms with E-state index in [9.17, 15) is 17.6 Å². The standard InChI is InChI=1S/C22H22F4O5/c1-19(2,13-5-7-15-17(9-13)30-21(23,24)28-15)11-27-12-20(3,4)14-6-8-16-18(10-14)31-22(25,26)29-16/h5-10H,11-12H2,1-4H3. The lowest BCUT2D eigenvalue weighted by Crippen LogP contribution is -2.30. The van der Waals surface area contributed by atoms with Crippen LogP contribution < -0.4 is 18.9 Å². The normalized spacial score (nSPS) is 18.3. The van der Waals surface area contributed by atoms with Crippen LogP contribution in [-0.2, 0) is 15.6 Å². The maximum Gasteiger partial charge on any atom is 0.586 e. The first-order chi connectivity index (χ1) is 14.3. The Balaban J connectivity index is 1.41. The van der Waals surface area contributed by atoms with Crippen LogP contribution >= 0.6 is 0 Å². The molecular weight excluding hydrogens is 420 g/mol. The van der Waals surface area contributed by atoms with E-state index < -0.39 is 23.4 Å². The van der Waals surface area contributed by atoms with Crippen molar-refractivity contribution in [1.82, 2.24) is 0 Å². The lowest BCUT2D eigenvalue weighted by atomic mass is 9.84. The van der Waals surface area contributed by atoms with Gasteiger partial charge >= 0.3 is 12.6 Å². The minimum Gasteiger partial charge on any atom is -0.395 e. The summed E-state index contributed by atoms with van der Waals surface area (Å²) < 4.78 is 76.9. The Kier molecular flexibility index (Phi) is 4.81. The number of rotatable bonds is 6. The van der Waals surface area contributed by atoms with Gasteiger partial charge in [-0.1, -0.05) is 39.8 Å². The highest BCUT2D eigenvalue weighted by Crippen LogP contribution is 2.44. The second kappa shape index (κ2) is 6.91. The fourth-order valence-electron chi connectivity index (χ4n) is 3.47. The molecule has 2 aliphatic heterocycles. The first kappa shape index (κ1) is 21.5. The van der Waals surface area contributed by atoms with Crippen molar-refractivity contribution in [2.45, 2.75) is 51.1 Å². The molecule has 5 nitrogen and oxygen atoms in total. The highest BCUT2D eigenvalue weighted by molar-refractivity contribution is 5.48. The molecule has 168 valence electrons. The zero-order valence-corrected chi connectivity index (χ0v) is 17.4. The van der Waals surface area contributed by atoms with Gasteiger partial charge in [0.15, 0.2) is 23.0 Å². The summed E-state index contributed by atoms with van der Waals surface area (Å²) in [5, 5.41) is 0. The molecule has 0 aromatic heterocycles. The summed E-state index contributed by atoms with van der Waals surface area (Å²) in [6.45, 7) is 8.23. The molecule has 0 amide bonds. The van der Waals surface area contributed by atoms with Crippen LogP contribution in [0.2, 0.25) is 0 Å². The van der Waals surface area contributed by atoms with E-state index in [4.69, 9.17) is 4.74 Å². The molecule has 0 spiro atoms. The Bertz CT molecular complexity index is 924. The Labute approximate surface area is 176 Å². The highest BCUT2D eigenvalue weighted by Gasteiger charge is 2.45. The topological polar surface area (TPSA) is 46.2 Å². The second-order valence-corrected chi connectivity index (χ2v) is 8.92. The van der Waals surface area contributed by atoms with Crippen LogP contribution in [0.1, 0.15) is 38.8 Å². The molecule has 0 saturated heterocycles. The minimum absolute atomic E-state index is 0.0139. The van der Waals surface area contributed by atoms with Crippen LogP contribution in [0.25, 0.3) is 0 Å². The molecule has 2 aliphatic rings. The van der Waals surface area contributed by atoms with E-state index >= 15 is 0 Å². The lowest BCUT2D eigenvalue weighted by molar-refractivity contribution is -0.287. The number of halogens is 4. The van der Waals surface area contributed by atoms with Crippen molar-refractivity contribution in [1.29, 1.82) is 0 Å². The first-order valence-electron chi connectivity index (χ1n) is 9.65. The molecule has 2 heterocycles. The van der Waals surface area contributed by atoms with E-state index in [2.05, 4.69) is 18.9 Å². The molecule has 0 atom stereocenters. The van der Waals surface area contributed by atoms with Crippen molar-refractivity contribution >= 4 is 0 Å². The monoisotopic (exact) mass is 442 g/mol. The van der Waals surface area contributed by atoms with Crippen molar-refractivity contribution in [2.75, 3.05) is 13.2 Å². The summed E-state index contributed by atoms with van der Waals surface area (Å²) in [6.07, 6.45) is -7.33. The largest absolute Gasteiger partial charge is 0.586 e. The first-order valence-corrected chi connectivity index (χ1v) is 9.65. The molecule has 0 bridgehead atoms. The number of ether oxygens (including phenoxy) is 5. The average Bonchev–Trinajstić information content (AvgIpc) is 3.12. The van der Waals surface area contributed by atoms with E-state index in [0.717, 1.165) is 11.1 Å². The summed E-state index contributed by atoms with van der Waals surface area (Å²) in [4.78, 5) is 0. The van der Waals surface area contributed by atoms with Crippen molar-refractivity contribution < 1.29 is 41.2 Å². The Morgan fingerprint density at radius 2 is 1.00 bits per heavy atom. The predicted octanol–water partition coefficient (Wildman–Crippen LogP) is 5.60. The molecule has 9 heteroatoms. The number of fused-ring (bicyclic) bond motifs is 2. The molecule has 0 N–H and O–H groups in total. The van der Waals surface area contributed by atoms with Crippen LogP contribution in [0.3, 0.4) is 0 Å². The SMILES string of the molecule is CC(C)(COCC(C)(C)c1ccc2c(c1)OC(F)(F)O2)c1ccc2c(c1)OC(F)(F)O2. The number of hydrogen-bond donors (Lipinski definition) is 0. The van der Waals surface area contributed by atoms with E-state index in [-0.39, 0.29) is 36.2 Å². The number of benzene rings is 2. The van der Waals surface area contributed by atoms with Crippen LogP contribution in [0, 0.1) is 0 Å². The molecule has 0 unspecified atom stereocenters. The molecular formula is C22H22F4O5. The highest BCUT2D eigenvalue weighted by atomic mass is 19.3. The van der Waals surface area contributed by atoms with E-state index in [1.54, 1.807) is 12.1 Å². The van der Waals surface area contributed by atoms with Crippen molar-refractivity contribution in [2.24, 2.45) is 0 Å². The summed E-state index contributed by atoms with van der Waals surface area (Å²) in [6, 6.07) is 9.30. The quantitative estimate of drug-likeness (QED) is 0.545. The van der Waals surface area contributed by atoms with Gasteiger partial charge < -0.3 is 23.7 Å². The fraction of sp³-hybridized carbons (Fsp3) is 0.455. The average molecular weight is 442 g/mol. The molecule has 4 rings (SSSR count). The molecule has 2 aromatic carbocycles. The zero-order chi connectivity index (χ0) is 22.7. The Morgan fingerprint density at radius 1 is 0.645 bits per heavy atom. The van der Waals surface area contributed by atoms with Gasteiger partial charge in [-0.3, -0.25) is 0 Å². The lowest BCUT2D eigenvalue weighted by Gasteiger charge is -2.30. The number of hydrogen-bond acceptors (Lipinski definition) is 5. The zero-order valence-electron chi connectivity index (χ0n) is 17.4. The third-order valence-electron chi connectivity index (χ3n) is 5.29. The summed E-state index contributed by atoms with van der Waals surface area (Å²) in [7, 11) is 0. The summed E-state index contributed by atoms with van der Waals surface area (Å²) in [5.74, 6) is -0.0684. The molecule has 31 heavy (non-hydrogen) atoms.